The molecule has 2 rings (SSSR count). The fourth-order valence-corrected chi connectivity index (χ4v) is 3.02. The van der Waals surface area contributed by atoms with Gasteiger partial charge in [-0.2, -0.15) is 11.3 Å². The van der Waals surface area contributed by atoms with E-state index in [2.05, 4.69) is 16.8 Å². The second kappa shape index (κ2) is 5.89. The van der Waals surface area contributed by atoms with Gasteiger partial charge in [-0.05, 0) is 53.1 Å². The smallest absolute Gasteiger partial charge is 0.335 e. The van der Waals surface area contributed by atoms with Gasteiger partial charge in [0, 0.05) is 10.6 Å². The van der Waals surface area contributed by atoms with Crippen LogP contribution in [-0.4, -0.2) is 16.8 Å². The number of carboxylic acids is 1. The van der Waals surface area contributed by atoms with E-state index in [0.29, 0.717) is 5.56 Å². The van der Waals surface area contributed by atoms with Crippen molar-refractivity contribution in [2.75, 3.05) is 5.75 Å². The van der Waals surface area contributed by atoms with Gasteiger partial charge in [-0.3, -0.25) is 0 Å². The van der Waals surface area contributed by atoms with Crippen LogP contribution in [-0.2, 0) is 6.42 Å². The summed E-state index contributed by atoms with van der Waals surface area (Å²) >= 11 is 3.47. The van der Waals surface area contributed by atoms with Crippen LogP contribution in [0.2, 0.25) is 0 Å². The van der Waals surface area contributed by atoms with Crippen LogP contribution in [0, 0.1) is 0 Å². The van der Waals surface area contributed by atoms with E-state index in [1.165, 1.54) is 5.56 Å². The average molecular weight is 264 g/mol. The summed E-state index contributed by atoms with van der Waals surface area (Å²) in [5, 5.41) is 13.0. The predicted molar refractivity (Wildman–Crippen MR) is 72.1 cm³/mol. The molecule has 0 aliphatic carbocycles. The van der Waals surface area contributed by atoms with E-state index in [9.17, 15) is 4.79 Å². The lowest BCUT2D eigenvalue weighted by atomic mass is 10.2. The van der Waals surface area contributed by atoms with Gasteiger partial charge in [0.15, 0.2) is 0 Å². The molecule has 0 spiro atoms. The summed E-state index contributed by atoms with van der Waals surface area (Å²) in [6, 6.07) is 9.16. The molecule has 0 aliphatic heterocycles. The number of carboxylic acid groups (broad SMARTS) is 1. The first kappa shape index (κ1) is 12.2. The van der Waals surface area contributed by atoms with Gasteiger partial charge in [0.1, 0.15) is 0 Å². The van der Waals surface area contributed by atoms with Crippen molar-refractivity contribution in [3.63, 3.8) is 0 Å². The molecule has 0 saturated carbocycles. The Kier molecular flexibility index (Phi) is 4.23. The van der Waals surface area contributed by atoms with Crippen molar-refractivity contribution < 1.29 is 9.90 Å². The highest BCUT2D eigenvalue weighted by atomic mass is 32.2. The molecule has 4 heteroatoms. The molecule has 0 atom stereocenters. The number of carbonyl (C=O) groups is 1. The molecule has 0 aliphatic rings. The summed E-state index contributed by atoms with van der Waals surface area (Å²) in [6.45, 7) is 0. The molecule has 2 aromatic rings. The summed E-state index contributed by atoms with van der Waals surface area (Å²) < 4.78 is 0. The van der Waals surface area contributed by atoms with Crippen LogP contribution < -0.4 is 0 Å². The number of aryl methyl sites for hydroxylation is 1. The number of hydrogen-bond acceptors (Lipinski definition) is 3. The molecular formula is C13H12O2S2. The average Bonchev–Trinajstić information content (AvgIpc) is 2.83. The van der Waals surface area contributed by atoms with Crippen LogP contribution >= 0.6 is 23.1 Å². The minimum absolute atomic E-state index is 0.340. The number of thioether (sulfide) groups is 1. The number of hydrogen-bond donors (Lipinski definition) is 1. The molecule has 0 saturated heterocycles. The van der Waals surface area contributed by atoms with Crippen molar-refractivity contribution in [2.45, 2.75) is 11.3 Å². The molecule has 0 amide bonds. The number of thiophene rings is 1. The van der Waals surface area contributed by atoms with Crippen molar-refractivity contribution in [3.8, 4) is 0 Å². The molecule has 0 bridgehead atoms. The molecule has 1 heterocycles. The normalized spacial score (nSPS) is 10.4. The summed E-state index contributed by atoms with van der Waals surface area (Å²) in [4.78, 5) is 11.8. The van der Waals surface area contributed by atoms with E-state index in [0.717, 1.165) is 17.1 Å². The highest BCUT2D eigenvalue weighted by molar-refractivity contribution is 7.99. The largest absolute Gasteiger partial charge is 0.478 e. The van der Waals surface area contributed by atoms with Crippen LogP contribution in [0.1, 0.15) is 15.9 Å². The van der Waals surface area contributed by atoms with Crippen molar-refractivity contribution in [3.05, 3.63) is 52.2 Å². The second-order valence-electron chi connectivity index (χ2n) is 3.56. The Bertz CT molecular complexity index is 475. The molecular weight excluding hydrogens is 252 g/mol. The third-order valence-corrected chi connectivity index (χ3v) is 4.09. The van der Waals surface area contributed by atoms with Crippen LogP contribution in [0.15, 0.2) is 46.0 Å². The Morgan fingerprint density at radius 1 is 1.24 bits per heavy atom. The zero-order chi connectivity index (χ0) is 12.1. The van der Waals surface area contributed by atoms with Gasteiger partial charge in [0.2, 0.25) is 0 Å². The maximum absolute atomic E-state index is 10.7. The first-order valence-electron chi connectivity index (χ1n) is 5.23. The Hall–Kier alpha value is -1.26. The topological polar surface area (TPSA) is 37.3 Å². The van der Waals surface area contributed by atoms with Gasteiger partial charge < -0.3 is 5.11 Å². The van der Waals surface area contributed by atoms with E-state index in [4.69, 9.17) is 5.11 Å². The molecule has 0 unspecified atom stereocenters. The Morgan fingerprint density at radius 2 is 2.00 bits per heavy atom. The summed E-state index contributed by atoms with van der Waals surface area (Å²) in [5.41, 5.74) is 1.71. The van der Waals surface area contributed by atoms with Gasteiger partial charge in [0.25, 0.3) is 0 Å². The van der Waals surface area contributed by atoms with Crippen molar-refractivity contribution in [1.29, 1.82) is 0 Å². The van der Waals surface area contributed by atoms with Crippen LogP contribution in [0.3, 0.4) is 0 Å². The van der Waals surface area contributed by atoms with Crippen LogP contribution in [0.25, 0.3) is 0 Å². The van der Waals surface area contributed by atoms with Gasteiger partial charge >= 0.3 is 5.97 Å². The predicted octanol–water partition coefficient (Wildman–Crippen LogP) is 3.78. The summed E-state index contributed by atoms with van der Waals surface area (Å²) in [6.07, 6.45) is 1.05. The minimum atomic E-state index is -0.875. The van der Waals surface area contributed by atoms with E-state index in [1.54, 1.807) is 35.2 Å². The van der Waals surface area contributed by atoms with Gasteiger partial charge in [0.05, 0.1) is 5.56 Å². The van der Waals surface area contributed by atoms with Crippen molar-refractivity contribution in [2.24, 2.45) is 0 Å². The minimum Gasteiger partial charge on any atom is -0.478 e. The Balaban J connectivity index is 1.85. The molecule has 1 N–H and O–H groups in total. The van der Waals surface area contributed by atoms with Gasteiger partial charge in [-0.1, -0.05) is 0 Å². The zero-order valence-corrected chi connectivity index (χ0v) is 10.8. The van der Waals surface area contributed by atoms with E-state index in [-0.39, 0.29) is 0 Å². The number of benzene rings is 1. The fourth-order valence-electron chi connectivity index (χ4n) is 1.42. The lowest BCUT2D eigenvalue weighted by molar-refractivity contribution is 0.0697. The lowest BCUT2D eigenvalue weighted by Crippen LogP contribution is -1.94. The zero-order valence-electron chi connectivity index (χ0n) is 9.13. The van der Waals surface area contributed by atoms with Gasteiger partial charge in [-0.15, -0.1) is 11.8 Å². The maximum atomic E-state index is 10.7. The van der Waals surface area contributed by atoms with Crippen LogP contribution in [0.4, 0.5) is 0 Å². The molecule has 0 radical (unpaired) electrons. The standard InChI is InChI=1S/C13H12O2S2/c14-13(15)11-1-3-12(4-2-11)17-8-6-10-5-7-16-9-10/h1-5,7,9H,6,8H2,(H,14,15). The molecule has 88 valence electrons. The van der Waals surface area contributed by atoms with E-state index < -0.39 is 5.97 Å². The third kappa shape index (κ3) is 3.61. The number of aromatic carboxylic acids is 1. The molecule has 2 nitrogen and oxygen atoms in total. The molecule has 0 fully saturated rings. The molecule has 1 aromatic heterocycles. The highest BCUT2D eigenvalue weighted by Gasteiger charge is 2.02. The Labute approximate surface area is 108 Å². The highest BCUT2D eigenvalue weighted by Crippen LogP contribution is 2.20. The quantitative estimate of drug-likeness (QED) is 0.835. The fraction of sp³-hybridized carbons (Fsp3) is 0.154. The first-order valence-corrected chi connectivity index (χ1v) is 7.16. The maximum Gasteiger partial charge on any atom is 0.335 e. The van der Waals surface area contributed by atoms with E-state index in [1.807, 2.05) is 12.1 Å². The first-order chi connectivity index (χ1) is 8.25. The third-order valence-electron chi connectivity index (χ3n) is 2.34. The van der Waals surface area contributed by atoms with E-state index >= 15 is 0 Å². The summed E-state index contributed by atoms with van der Waals surface area (Å²) in [7, 11) is 0. The molecule has 1 aromatic carbocycles. The second-order valence-corrected chi connectivity index (χ2v) is 5.51. The van der Waals surface area contributed by atoms with Crippen molar-refractivity contribution in [1.82, 2.24) is 0 Å². The van der Waals surface area contributed by atoms with Crippen molar-refractivity contribution >= 4 is 29.1 Å². The monoisotopic (exact) mass is 264 g/mol. The molecule has 17 heavy (non-hydrogen) atoms. The SMILES string of the molecule is O=C(O)c1ccc(SCCc2ccsc2)cc1. The lowest BCUT2D eigenvalue weighted by Gasteiger charge is -2.01. The summed E-state index contributed by atoms with van der Waals surface area (Å²) in [5.74, 6) is 0.142. The van der Waals surface area contributed by atoms with Crippen LogP contribution in [0.5, 0.6) is 0 Å². The number of rotatable bonds is 5. The van der Waals surface area contributed by atoms with Gasteiger partial charge in [-0.25, -0.2) is 4.79 Å². The Morgan fingerprint density at radius 3 is 2.59 bits per heavy atom.